The van der Waals surface area contributed by atoms with Crippen LogP contribution in [-0.4, -0.2) is 13.1 Å². The summed E-state index contributed by atoms with van der Waals surface area (Å²) in [4.78, 5) is 24.3. The Hall–Kier alpha value is -3.54. The van der Waals surface area contributed by atoms with E-state index in [4.69, 9.17) is 18.3 Å². The minimum absolute atomic E-state index is 0.0266. The van der Waals surface area contributed by atoms with Crippen LogP contribution in [0.25, 0.3) is 21.9 Å². The van der Waals surface area contributed by atoms with Gasteiger partial charge in [0.25, 0.3) is 0 Å². The summed E-state index contributed by atoms with van der Waals surface area (Å²) in [6.45, 7) is 3.98. The third kappa shape index (κ3) is 3.61. The zero-order chi connectivity index (χ0) is 20.5. The summed E-state index contributed by atoms with van der Waals surface area (Å²) in [6.07, 6.45) is 1.68. The Balaban J connectivity index is 1.53. The van der Waals surface area contributed by atoms with Gasteiger partial charge in [0, 0.05) is 34.0 Å². The monoisotopic (exact) mass is 392 g/mol. The molecule has 4 aromatic rings. The maximum absolute atomic E-state index is 12.4. The van der Waals surface area contributed by atoms with Gasteiger partial charge in [-0.05, 0) is 37.1 Å². The Morgan fingerprint density at radius 1 is 1.03 bits per heavy atom. The van der Waals surface area contributed by atoms with E-state index in [1.807, 2.05) is 26.0 Å². The number of methoxy groups -OCH3 is 1. The average molecular weight is 392 g/mol. The van der Waals surface area contributed by atoms with Gasteiger partial charge in [-0.15, -0.1) is 0 Å². The molecule has 2 heterocycles. The molecule has 0 spiro atoms. The molecule has 29 heavy (non-hydrogen) atoms. The topological polar surface area (TPSA) is 78.9 Å². The highest BCUT2D eigenvalue weighted by atomic mass is 16.5. The summed E-state index contributed by atoms with van der Waals surface area (Å²) in [5.41, 5.74) is 4.20. The second-order valence-electron chi connectivity index (χ2n) is 6.94. The molecule has 2 aromatic heterocycles. The lowest BCUT2D eigenvalue weighted by Crippen LogP contribution is -2.09. The molecule has 148 valence electrons. The number of rotatable bonds is 5. The SMILES string of the molecule is COc1ccc2c(COC(=O)Cc3coc4c(C)c(C)ccc34)cc(=O)oc2c1. The number of fused-ring (bicyclic) bond motifs is 2. The molecule has 0 radical (unpaired) electrons. The fourth-order valence-corrected chi connectivity index (χ4v) is 3.35. The smallest absolute Gasteiger partial charge is 0.336 e. The van der Waals surface area contributed by atoms with E-state index < -0.39 is 11.6 Å². The first-order valence-corrected chi connectivity index (χ1v) is 9.19. The van der Waals surface area contributed by atoms with Gasteiger partial charge in [-0.2, -0.15) is 0 Å². The molecule has 0 atom stereocenters. The normalized spacial score (nSPS) is 11.1. The first-order chi connectivity index (χ1) is 14.0. The molecule has 4 rings (SSSR count). The van der Waals surface area contributed by atoms with Gasteiger partial charge in [0.1, 0.15) is 23.5 Å². The van der Waals surface area contributed by atoms with E-state index in [1.54, 1.807) is 24.5 Å². The lowest BCUT2D eigenvalue weighted by atomic mass is 10.0. The van der Waals surface area contributed by atoms with Crippen molar-refractivity contribution in [3.8, 4) is 5.75 Å². The second-order valence-corrected chi connectivity index (χ2v) is 6.94. The summed E-state index contributed by atoms with van der Waals surface area (Å²) >= 11 is 0. The first-order valence-electron chi connectivity index (χ1n) is 9.19. The highest BCUT2D eigenvalue weighted by Crippen LogP contribution is 2.27. The van der Waals surface area contributed by atoms with Gasteiger partial charge in [0.2, 0.25) is 0 Å². The van der Waals surface area contributed by atoms with Crippen LogP contribution in [0.1, 0.15) is 22.3 Å². The van der Waals surface area contributed by atoms with Crippen LogP contribution in [0.3, 0.4) is 0 Å². The van der Waals surface area contributed by atoms with E-state index in [-0.39, 0.29) is 13.0 Å². The predicted molar refractivity (Wildman–Crippen MR) is 108 cm³/mol. The lowest BCUT2D eigenvalue weighted by Gasteiger charge is -2.08. The van der Waals surface area contributed by atoms with Gasteiger partial charge in [0.05, 0.1) is 19.8 Å². The molecule has 0 aliphatic carbocycles. The van der Waals surface area contributed by atoms with Crippen molar-refractivity contribution < 1.29 is 23.1 Å². The number of furan rings is 1. The third-order valence-electron chi connectivity index (χ3n) is 5.10. The van der Waals surface area contributed by atoms with Crippen molar-refractivity contribution in [3.63, 3.8) is 0 Å². The summed E-state index contributed by atoms with van der Waals surface area (Å²) < 4.78 is 21.4. The maximum atomic E-state index is 12.4. The van der Waals surface area contributed by atoms with Crippen molar-refractivity contribution in [3.05, 3.63) is 75.3 Å². The highest BCUT2D eigenvalue weighted by molar-refractivity contribution is 5.88. The third-order valence-corrected chi connectivity index (χ3v) is 5.10. The molecule has 6 heteroatoms. The number of hydrogen-bond donors (Lipinski definition) is 0. The molecular formula is C23H20O6. The van der Waals surface area contributed by atoms with Crippen molar-refractivity contribution in [1.82, 2.24) is 0 Å². The summed E-state index contributed by atoms with van der Waals surface area (Å²) in [7, 11) is 1.53. The standard InChI is InChI=1S/C23H20O6/c1-13-4-6-19-16(12-28-23(19)14(13)2)8-21(24)27-11-15-9-22(25)29-20-10-17(26-3)5-7-18(15)20/h4-7,9-10,12H,8,11H2,1-3H3. The molecule has 0 bridgehead atoms. The fourth-order valence-electron chi connectivity index (χ4n) is 3.35. The lowest BCUT2D eigenvalue weighted by molar-refractivity contribution is -0.144. The summed E-state index contributed by atoms with van der Waals surface area (Å²) in [5.74, 6) is 0.174. The van der Waals surface area contributed by atoms with Crippen LogP contribution in [0, 0.1) is 13.8 Å². The average Bonchev–Trinajstić information content (AvgIpc) is 3.11. The van der Waals surface area contributed by atoms with Crippen LogP contribution in [0.5, 0.6) is 5.75 Å². The van der Waals surface area contributed by atoms with E-state index in [2.05, 4.69) is 0 Å². The Morgan fingerprint density at radius 2 is 1.83 bits per heavy atom. The first kappa shape index (κ1) is 18.8. The molecule has 0 aliphatic heterocycles. The second kappa shape index (κ2) is 7.47. The van der Waals surface area contributed by atoms with Gasteiger partial charge < -0.3 is 18.3 Å². The molecular weight excluding hydrogens is 372 g/mol. The number of carbonyl (C=O) groups is 1. The van der Waals surface area contributed by atoms with E-state index in [0.29, 0.717) is 22.3 Å². The van der Waals surface area contributed by atoms with E-state index >= 15 is 0 Å². The Bertz CT molecular complexity index is 1280. The Labute approximate surface area is 166 Å². The van der Waals surface area contributed by atoms with E-state index in [1.165, 1.54) is 13.2 Å². The van der Waals surface area contributed by atoms with Crippen LogP contribution >= 0.6 is 0 Å². The van der Waals surface area contributed by atoms with Crippen molar-refractivity contribution in [1.29, 1.82) is 0 Å². The van der Waals surface area contributed by atoms with Crippen LogP contribution < -0.4 is 10.4 Å². The zero-order valence-corrected chi connectivity index (χ0v) is 16.4. The Morgan fingerprint density at radius 3 is 2.62 bits per heavy atom. The van der Waals surface area contributed by atoms with Crippen LogP contribution in [-0.2, 0) is 22.6 Å². The number of esters is 1. The van der Waals surface area contributed by atoms with E-state index in [9.17, 15) is 9.59 Å². The van der Waals surface area contributed by atoms with Crippen LogP contribution in [0.4, 0.5) is 0 Å². The summed E-state index contributed by atoms with van der Waals surface area (Å²) in [5, 5.41) is 1.60. The molecule has 6 nitrogen and oxygen atoms in total. The molecule has 0 amide bonds. The van der Waals surface area contributed by atoms with Gasteiger partial charge >= 0.3 is 11.6 Å². The minimum Gasteiger partial charge on any atom is -0.497 e. The van der Waals surface area contributed by atoms with Crippen molar-refractivity contribution >= 4 is 27.9 Å². The number of aryl methyl sites for hydroxylation is 2. The maximum Gasteiger partial charge on any atom is 0.336 e. The number of carbonyl (C=O) groups excluding carboxylic acids is 1. The largest absolute Gasteiger partial charge is 0.497 e. The molecule has 0 N–H and O–H groups in total. The molecule has 2 aromatic carbocycles. The van der Waals surface area contributed by atoms with Crippen LogP contribution in [0.2, 0.25) is 0 Å². The predicted octanol–water partition coefficient (Wildman–Crippen LogP) is 4.45. The molecule has 0 saturated heterocycles. The van der Waals surface area contributed by atoms with E-state index in [0.717, 1.165) is 27.7 Å². The quantitative estimate of drug-likeness (QED) is 0.369. The van der Waals surface area contributed by atoms with Gasteiger partial charge in [0.15, 0.2) is 0 Å². The molecule has 0 saturated carbocycles. The molecule has 0 unspecified atom stereocenters. The Kier molecular flexibility index (Phi) is 4.84. The molecule has 0 aliphatic rings. The minimum atomic E-state index is -0.511. The zero-order valence-electron chi connectivity index (χ0n) is 16.4. The van der Waals surface area contributed by atoms with Gasteiger partial charge in [-0.25, -0.2) is 4.79 Å². The van der Waals surface area contributed by atoms with Gasteiger partial charge in [-0.1, -0.05) is 12.1 Å². The van der Waals surface area contributed by atoms with Crippen molar-refractivity contribution in [2.45, 2.75) is 26.9 Å². The number of ether oxygens (including phenoxy) is 2. The van der Waals surface area contributed by atoms with Gasteiger partial charge in [-0.3, -0.25) is 4.79 Å². The number of hydrogen-bond acceptors (Lipinski definition) is 6. The fraction of sp³-hybridized carbons (Fsp3) is 0.217. The highest BCUT2D eigenvalue weighted by Gasteiger charge is 2.15. The number of benzene rings is 2. The van der Waals surface area contributed by atoms with Crippen molar-refractivity contribution in [2.75, 3.05) is 7.11 Å². The van der Waals surface area contributed by atoms with Crippen LogP contribution in [0.15, 0.2) is 56.3 Å². The molecule has 0 fully saturated rings. The summed E-state index contributed by atoms with van der Waals surface area (Å²) in [6, 6.07) is 10.5. The van der Waals surface area contributed by atoms with Crippen molar-refractivity contribution in [2.24, 2.45) is 0 Å².